The Kier molecular flexibility index (Phi) is 4.26. The van der Waals surface area contributed by atoms with Crippen LogP contribution in [0, 0.1) is 11.3 Å². The maximum absolute atomic E-state index is 12.5. The van der Waals surface area contributed by atoms with Crippen molar-refractivity contribution in [3.8, 4) is 5.75 Å². The third-order valence-corrected chi connectivity index (χ3v) is 5.00. The van der Waals surface area contributed by atoms with Crippen molar-refractivity contribution in [2.75, 3.05) is 33.4 Å². The fourth-order valence-electron chi connectivity index (χ4n) is 3.52. The Hall–Kier alpha value is -2.08. The molecule has 0 radical (unpaired) electrons. The molecule has 2 fully saturated rings. The Balaban J connectivity index is 1.69. The number of aliphatic carboxylic acids is 1. The molecule has 6 heteroatoms. The van der Waals surface area contributed by atoms with Crippen LogP contribution in [0.15, 0.2) is 24.3 Å². The molecule has 1 amide bonds. The first-order chi connectivity index (χ1) is 11.0. The topological polar surface area (TPSA) is 76.1 Å². The van der Waals surface area contributed by atoms with Crippen molar-refractivity contribution in [3.05, 3.63) is 29.8 Å². The lowest BCUT2D eigenvalue weighted by atomic mass is 9.74. The zero-order valence-corrected chi connectivity index (χ0v) is 13.2. The van der Waals surface area contributed by atoms with Gasteiger partial charge in [-0.1, -0.05) is 12.1 Å². The third kappa shape index (κ3) is 2.91. The van der Waals surface area contributed by atoms with Gasteiger partial charge in [-0.15, -0.1) is 0 Å². The molecular formula is C17H21NO5. The first kappa shape index (κ1) is 15.8. The molecule has 0 spiro atoms. The van der Waals surface area contributed by atoms with Crippen molar-refractivity contribution in [3.63, 3.8) is 0 Å². The highest BCUT2D eigenvalue weighted by Gasteiger charge is 2.54. The van der Waals surface area contributed by atoms with Gasteiger partial charge >= 0.3 is 5.97 Å². The van der Waals surface area contributed by atoms with Crippen LogP contribution >= 0.6 is 0 Å². The van der Waals surface area contributed by atoms with Crippen molar-refractivity contribution in [2.45, 2.75) is 12.8 Å². The lowest BCUT2D eigenvalue weighted by molar-refractivity contribution is -0.157. The number of benzene rings is 1. The number of rotatable bonds is 4. The van der Waals surface area contributed by atoms with E-state index in [-0.39, 0.29) is 24.8 Å². The number of carboxylic acids is 1. The normalized spacial score (nSPS) is 26.7. The van der Waals surface area contributed by atoms with E-state index in [1.807, 2.05) is 24.3 Å². The summed E-state index contributed by atoms with van der Waals surface area (Å²) < 4.78 is 10.5. The van der Waals surface area contributed by atoms with Gasteiger partial charge in [0.25, 0.3) is 0 Å². The molecule has 23 heavy (non-hydrogen) atoms. The molecule has 2 aliphatic heterocycles. The Morgan fingerprint density at radius 3 is 2.74 bits per heavy atom. The van der Waals surface area contributed by atoms with Crippen LogP contribution in [0.25, 0.3) is 0 Å². The van der Waals surface area contributed by atoms with E-state index >= 15 is 0 Å². The molecule has 1 aromatic rings. The maximum Gasteiger partial charge on any atom is 0.311 e. The van der Waals surface area contributed by atoms with Crippen molar-refractivity contribution >= 4 is 11.9 Å². The maximum atomic E-state index is 12.5. The van der Waals surface area contributed by atoms with E-state index < -0.39 is 11.4 Å². The number of carbonyl (C=O) groups is 2. The molecule has 1 aromatic carbocycles. The number of likely N-dealkylation sites (tertiary alicyclic amines) is 1. The molecule has 2 aliphatic rings. The third-order valence-electron chi connectivity index (χ3n) is 5.00. The summed E-state index contributed by atoms with van der Waals surface area (Å²) in [4.78, 5) is 26.0. The number of fused-ring (bicyclic) bond motifs is 1. The fraction of sp³-hybridized carbons (Fsp3) is 0.529. The standard InChI is InChI=1S/C17H21NO5/c1-22-14-4-2-12(3-5-14)8-15(19)18-9-13-10-23-7-6-17(13,11-18)16(20)21/h2-5,13H,6-11H2,1H3,(H,20,21)/t13-,17+/m0/s1. The second-order valence-electron chi connectivity index (χ2n) is 6.28. The lowest BCUT2D eigenvalue weighted by Crippen LogP contribution is -2.45. The van der Waals surface area contributed by atoms with Crippen LogP contribution in [-0.4, -0.2) is 55.3 Å². The van der Waals surface area contributed by atoms with Gasteiger partial charge < -0.3 is 19.5 Å². The van der Waals surface area contributed by atoms with Crippen molar-refractivity contribution in [1.82, 2.24) is 4.90 Å². The summed E-state index contributed by atoms with van der Waals surface area (Å²) in [7, 11) is 1.60. The van der Waals surface area contributed by atoms with Gasteiger partial charge in [0, 0.05) is 25.6 Å². The number of ether oxygens (including phenoxy) is 2. The van der Waals surface area contributed by atoms with Crippen LogP contribution in [0.1, 0.15) is 12.0 Å². The highest BCUT2D eigenvalue weighted by atomic mass is 16.5. The van der Waals surface area contributed by atoms with E-state index in [0.29, 0.717) is 26.2 Å². The molecule has 0 aromatic heterocycles. The predicted octanol–water partition coefficient (Wildman–Crippen LogP) is 1.19. The van der Waals surface area contributed by atoms with E-state index in [0.717, 1.165) is 11.3 Å². The minimum absolute atomic E-state index is 0.0369. The SMILES string of the molecule is COc1ccc(CC(=O)N2C[C@H]3COCC[C@@]3(C(=O)O)C2)cc1. The molecule has 0 aliphatic carbocycles. The number of methoxy groups -OCH3 is 1. The Bertz CT molecular complexity index is 600. The van der Waals surface area contributed by atoms with E-state index in [1.165, 1.54) is 0 Å². The zero-order chi connectivity index (χ0) is 16.4. The van der Waals surface area contributed by atoms with Gasteiger partial charge in [-0.3, -0.25) is 9.59 Å². The van der Waals surface area contributed by atoms with Crippen LogP contribution < -0.4 is 4.74 Å². The van der Waals surface area contributed by atoms with E-state index in [9.17, 15) is 14.7 Å². The first-order valence-electron chi connectivity index (χ1n) is 7.77. The number of amides is 1. The summed E-state index contributed by atoms with van der Waals surface area (Å²) in [6.07, 6.45) is 0.743. The van der Waals surface area contributed by atoms with Gasteiger partial charge in [0.2, 0.25) is 5.91 Å². The van der Waals surface area contributed by atoms with Gasteiger partial charge in [-0.25, -0.2) is 0 Å². The smallest absolute Gasteiger partial charge is 0.311 e. The lowest BCUT2D eigenvalue weighted by Gasteiger charge is -2.33. The van der Waals surface area contributed by atoms with E-state index in [2.05, 4.69) is 0 Å². The number of hydrogen-bond donors (Lipinski definition) is 1. The summed E-state index contributed by atoms with van der Waals surface area (Å²) in [5.41, 5.74) is 0.0553. The monoisotopic (exact) mass is 319 g/mol. The van der Waals surface area contributed by atoms with Gasteiger partial charge in [0.1, 0.15) is 5.75 Å². The van der Waals surface area contributed by atoms with Gasteiger partial charge in [-0.05, 0) is 24.1 Å². The Morgan fingerprint density at radius 1 is 1.39 bits per heavy atom. The largest absolute Gasteiger partial charge is 0.497 e. The molecule has 0 saturated carbocycles. The summed E-state index contributed by atoms with van der Waals surface area (Å²) in [6.45, 7) is 1.61. The molecule has 1 N–H and O–H groups in total. The minimum atomic E-state index is -0.839. The molecule has 124 valence electrons. The molecule has 2 heterocycles. The number of hydrogen-bond acceptors (Lipinski definition) is 4. The van der Waals surface area contributed by atoms with Gasteiger partial charge in [0.15, 0.2) is 0 Å². The number of nitrogens with zero attached hydrogens (tertiary/aromatic N) is 1. The van der Waals surface area contributed by atoms with Crippen LogP contribution in [0.5, 0.6) is 5.75 Å². The highest BCUT2D eigenvalue weighted by Crippen LogP contribution is 2.42. The quantitative estimate of drug-likeness (QED) is 0.902. The van der Waals surface area contributed by atoms with Gasteiger partial charge in [-0.2, -0.15) is 0 Å². The first-order valence-corrected chi connectivity index (χ1v) is 7.77. The fourth-order valence-corrected chi connectivity index (χ4v) is 3.52. The van der Waals surface area contributed by atoms with Crippen LogP contribution in [0.3, 0.4) is 0 Å². The van der Waals surface area contributed by atoms with Crippen LogP contribution in [-0.2, 0) is 20.7 Å². The molecule has 6 nitrogen and oxygen atoms in total. The summed E-state index contributed by atoms with van der Waals surface area (Å²) in [5.74, 6) is -0.223. The van der Waals surface area contributed by atoms with Crippen LogP contribution in [0.2, 0.25) is 0 Å². The molecule has 2 atom stereocenters. The zero-order valence-electron chi connectivity index (χ0n) is 13.2. The van der Waals surface area contributed by atoms with E-state index in [1.54, 1.807) is 12.0 Å². The Labute approximate surface area is 135 Å². The predicted molar refractivity (Wildman–Crippen MR) is 82.3 cm³/mol. The molecule has 3 rings (SSSR count). The van der Waals surface area contributed by atoms with Crippen molar-refractivity contribution in [1.29, 1.82) is 0 Å². The minimum Gasteiger partial charge on any atom is -0.497 e. The van der Waals surface area contributed by atoms with Gasteiger partial charge in [0.05, 0.1) is 25.6 Å². The summed E-state index contributed by atoms with van der Waals surface area (Å²) >= 11 is 0. The van der Waals surface area contributed by atoms with Crippen molar-refractivity contribution in [2.24, 2.45) is 11.3 Å². The Morgan fingerprint density at radius 2 is 2.13 bits per heavy atom. The van der Waals surface area contributed by atoms with Crippen molar-refractivity contribution < 1.29 is 24.2 Å². The second kappa shape index (κ2) is 6.20. The average Bonchev–Trinajstić information content (AvgIpc) is 2.97. The molecule has 0 unspecified atom stereocenters. The molecule has 2 saturated heterocycles. The number of carbonyl (C=O) groups excluding carboxylic acids is 1. The number of carboxylic acid groups (broad SMARTS) is 1. The molecular weight excluding hydrogens is 298 g/mol. The average molecular weight is 319 g/mol. The molecule has 0 bridgehead atoms. The second-order valence-corrected chi connectivity index (χ2v) is 6.28. The summed E-state index contributed by atoms with van der Waals surface area (Å²) in [5, 5.41) is 9.64. The highest BCUT2D eigenvalue weighted by molar-refractivity contribution is 5.82. The van der Waals surface area contributed by atoms with E-state index in [4.69, 9.17) is 9.47 Å². The van der Waals surface area contributed by atoms with Crippen LogP contribution in [0.4, 0.5) is 0 Å². The summed E-state index contributed by atoms with van der Waals surface area (Å²) in [6, 6.07) is 7.35.